The Morgan fingerprint density at radius 2 is 1.96 bits per heavy atom. The highest BCUT2D eigenvalue weighted by atomic mass is 16.2. The molecular weight excluding hydrogens is 286 g/mol. The summed E-state index contributed by atoms with van der Waals surface area (Å²) in [7, 11) is 0. The number of nitrogens with two attached hydrogens (primary N) is 1. The summed E-state index contributed by atoms with van der Waals surface area (Å²) in [5.74, 6) is -0.0478. The van der Waals surface area contributed by atoms with E-state index < -0.39 is 6.04 Å². The SMILES string of the molecule is CCC(CNC(=O)[C@@H](N)C(C)(C)C)N1CCc2ccccc2C1. The quantitative estimate of drug-likeness (QED) is 0.876. The van der Waals surface area contributed by atoms with Crippen LogP contribution in [0.15, 0.2) is 24.3 Å². The fourth-order valence-electron chi connectivity index (χ4n) is 3.08. The zero-order chi connectivity index (χ0) is 17.0. The summed E-state index contributed by atoms with van der Waals surface area (Å²) in [6.07, 6.45) is 2.11. The first kappa shape index (κ1) is 18.0. The molecule has 0 spiro atoms. The van der Waals surface area contributed by atoms with Crippen molar-refractivity contribution >= 4 is 5.91 Å². The molecule has 4 heteroatoms. The van der Waals surface area contributed by atoms with Gasteiger partial charge in [0.15, 0.2) is 0 Å². The Morgan fingerprint density at radius 3 is 2.57 bits per heavy atom. The van der Waals surface area contributed by atoms with E-state index in [4.69, 9.17) is 5.73 Å². The minimum Gasteiger partial charge on any atom is -0.353 e. The average molecular weight is 317 g/mol. The lowest BCUT2D eigenvalue weighted by molar-refractivity contribution is -0.124. The lowest BCUT2D eigenvalue weighted by Crippen LogP contribution is -2.52. The highest BCUT2D eigenvalue weighted by molar-refractivity contribution is 5.82. The Labute approximate surface area is 140 Å². The predicted octanol–water partition coefficient (Wildman–Crippen LogP) is 2.31. The van der Waals surface area contributed by atoms with Crippen molar-refractivity contribution in [2.45, 2.75) is 59.2 Å². The Hall–Kier alpha value is -1.39. The van der Waals surface area contributed by atoms with E-state index in [1.165, 1.54) is 11.1 Å². The van der Waals surface area contributed by atoms with Crippen LogP contribution in [-0.4, -0.2) is 36.0 Å². The first-order chi connectivity index (χ1) is 10.8. The van der Waals surface area contributed by atoms with Crippen LogP contribution in [0.3, 0.4) is 0 Å². The van der Waals surface area contributed by atoms with Crippen molar-refractivity contribution in [3.8, 4) is 0 Å². The number of carbonyl (C=O) groups is 1. The topological polar surface area (TPSA) is 58.4 Å². The normalized spacial score (nSPS) is 18.1. The summed E-state index contributed by atoms with van der Waals surface area (Å²) >= 11 is 0. The van der Waals surface area contributed by atoms with Crippen LogP contribution in [0.5, 0.6) is 0 Å². The molecule has 3 N–H and O–H groups in total. The van der Waals surface area contributed by atoms with Crippen molar-refractivity contribution in [3.63, 3.8) is 0 Å². The van der Waals surface area contributed by atoms with Gasteiger partial charge < -0.3 is 11.1 Å². The van der Waals surface area contributed by atoms with E-state index in [0.29, 0.717) is 12.6 Å². The smallest absolute Gasteiger partial charge is 0.237 e. The van der Waals surface area contributed by atoms with E-state index in [-0.39, 0.29) is 11.3 Å². The molecule has 0 aliphatic carbocycles. The fourth-order valence-corrected chi connectivity index (χ4v) is 3.08. The minimum absolute atomic E-state index is 0.0478. The maximum absolute atomic E-state index is 12.2. The second-order valence-electron chi connectivity index (χ2n) is 7.64. The molecule has 1 aliphatic heterocycles. The standard InChI is InChI=1S/C19H31N3O/c1-5-16(12-21-18(23)17(20)19(2,3)4)22-11-10-14-8-6-7-9-15(14)13-22/h6-9,16-17H,5,10-13,20H2,1-4H3,(H,21,23)/t16?,17-/m1/s1. The van der Waals surface area contributed by atoms with Gasteiger partial charge in [0.05, 0.1) is 6.04 Å². The molecule has 1 heterocycles. The molecule has 0 bridgehead atoms. The molecule has 23 heavy (non-hydrogen) atoms. The summed E-state index contributed by atoms with van der Waals surface area (Å²) in [6, 6.07) is 8.54. The first-order valence-corrected chi connectivity index (χ1v) is 8.67. The molecule has 0 fully saturated rings. The fraction of sp³-hybridized carbons (Fsp3) is 0.632. The summed E-state index contributed by atoms with van der Waals surface area (Å²) in [6.45, 7) is 10.9. The van der Waals surface area contributed by atoms with E-state index in [0.717, 1.165) is 25.9 Å². The maximum atomic E-state index is 12.2. The van der Waals surface area contributed by atoms with Crippen molar-refractivity contribution in [1.82, 2.24) is 10.2 Å². The lowest BCUT2D eigenvalue weighted by Gasteiger charge is -2.36. The van der Waals surface area contributed by atoms with Gasteiger partial charge in [-0.15, -0.1) is 0 Å². The van der Waals surface area contributed by atoms with E-state index in [9.17, 15) is 4.79 Å². The van der Waals surface area contributed by atoms with Crippen LogP contribution in [0.4, 0.5) is 0 Å². The van der Waals surface area contributed by atoms with Crippen molar-refractivity contribution in [2.24, 2.45) is 11.1 Å². The van der Waals surface area contributed by atoms with Crippen LogP contribution in [-0.2, 0) is 17.8 Å². The molecule has 0 saturated carbocycles. The summed E-state index contributed by atoms with van der Waals surface area (Å²) < 4.78 is 0. The molecule has 1 aromatic rings. The molecule has 2 atom stereocenters. The van der Waals surface area contributed by atoms with Crippen LogP contribution in [0.1, 0.15) is 45.2 Å². The van der Waals surface area contributed by atoms with Gasteiger partial charge in [0.1, 0.15) is 0 Å². The van der Waals surface area contributed by atoms with Gasteiger partial charge in [0.25, 0.3) is 0 Å². The van der Waals surface area contributed by atoms with Crippen LogP contribution in [0.25, 0.3) is 0 Å². The zero-order valence-corrected chi connectivity index (χ0v) is 14.9. The van der Waals surface area contributed by atoms with Gasteiger partial charge in [-0.2, -0.15) is 0 Å². The summed E-state index contributed by atoms with van der Waals surface area (Å²) in [5.41, 5.74) is 8.69. The molecule has 1 aromatic carbocycles. The van der Waals surface area contributed by atoms with Gasteiger partial charge in [-0.05, 0) is 29.4 Å². The number of hydrogen-bond donors (Lipinski definition) is 2. The Bertz CT molecular complexity index is 536. The maximum Gasteiger partial charge on any atom is 0.237 e. The summed E-state index contributed by atoms with van der Waals surface area (Å²) in [4.78, 5) is 14.7. The molecule has 0 radical (unpaired) electrons. The van der Waals surface area contributed by atoms with Gasteiger partial charge in [0, 0.05) is 25.7 Å². The third-order valence-electron chi connectivity index (χ3n) is 4.88. The number of nitrogens with one attached hydrogen (secondary N) is 1. The number of hydrogen-bond acceptors (Lipinski definition) is 3. The average Bonchev–Trinajstić information content (AvgIpc) is 2.53. The van der Waals surface area contributed by atoms with Crippen molar-refractivity contribution in [2.75, 3.05) is 13.1 Å². The molecule has 1 unspecified atom stereocenters. The van der Waals surface area contributed by atoms with E-state index in [2.05, 4.69) is 41.4 Å². The van der Waals surface area contributed by atoms with Crippen LogP contribution >= 0.6 is 0 Å². The first-order valence-electron chi connectivity index (χ1n) is 8.67. The Balaban J connectivity index is 1.93. The highest BCUT2D eigenvalue weighted by Gasteiger charge is 2.28. The number of nitrogens with zero attached hydrogens (tertiary/aromatic N) is 1. The van der Waals surface area contributed by atoms with Gasteiger partial charge >= 0.3 is 0 Å². The molecule has 1 amide bonds. The van der Waals surface area contributed by atoms with E-state index in [1.807, 2.05) is 20.8 Å². The predicted molar refractivity (Wildman–Crippen MR) is 95.1 cm³/mol. The lowest BCUT2D eigenvalue weighted by atomic mass is 9.87. The Kier molecular flexibility index (Phi) is 5.82. The monoisotopic (exact) mass is 317 g/mol. The van der Waals surface area contributed by atoms with E-state index >= 15 is 0 Å². The number of amides is 1. The molecular formula is C19H31N3O. The Morgan fingerprint density at radius 1 is 1.30 bits per heavy atom. The molecule has 2 rings (SSSR count). The third kappa shape index (κ3) is 4.55. The molecule has 4 nitrogen and oxygen atoms in total. The van der Waals surface area contributed by atoms with Crippen LogP contribution in [0, 0.1) is 5.41 Å². The van der Waals surface area contributed by atoms with Crippen LogP contribution < -0.4 is 11.1 Å². The van der Waals surface area contributed by atoms with Gasteiger partial charge in [-0.1, -0.05) is 52.0 Å². The third-order valence-corrected chi connectivity index (χ3v) is 4.88. The van der Waals surface area contributed by atoms with Crippen molar-refractivity contribution in [1.29, 1.82) is 0 Å². The minimum atomic E-state index is -0.470. The summed E-state index contributed by atoms with van der Waals surface area (Å²) in [5, 5.41) is 3.06. The molecule has 128 valence electrons. The van der Waals surface area contributed by atoms with Crippen molar-refractivity contribution in [3.05, 3.63) is 35.4 Å². The number of benzene rings is 1. The highest BCUT2D eigenvalue weighted by Crippen LogP contribution is 2.21. The van der Waals surface area contributed by atoms with Gasteiger partial charge in [-0.25, -0.2) is 0 Å². The molecule has 1 aliphatic rings. The number of fused-ring (bicyclic) bond motifs is 1. The number of rotatable bonds is 5. The van der Waals surface area contributed by atoms with Gasteiger partial charge in [0.2, 0.25) is 5.91 Å². The zero-order valence-electron chi connectivity index (χ0n) is 14.9. The van der Waals surface area contributed by atoms with Gasteiger partial charge in [-0.3, -0.25) is 9.69 Å². The van der Waals surface area contributed by atoms with E-state index in [1.54, 1.807) is 0 Å². The largest absolute Gasteiger partial charge is 0.353 e. The number of carbonyl (C=O) groups excluding carboxylic acids is 1. The van der Waals surface area contributed by atoms with Crippen LogP contribution in [0.2, 0.25) is 0 Å². The second-order valence-corrected chi connectivity index (χ2v) is 7.64. The van der Waals surface area contributed by atoms with Crippen molar-refractivity contribution < 1.29 is 4.79 Å². The molecule has 0 saturated heterocycles. The second kappa shape index (κ2) is 7.45. The molecule has 0 aromatic heterocycles.